The van der Waals surface area contributed by atoms with Gasteiger partial charge in [-0.1, -0.05) is 6.07 Å². The smallest absolute Gasteiger partial charge is 0.0593 e. The number of hydrogen-bond donors (Lipinski definition) is 1. The molecule has 1 aromatic rings. The van der Waals surface area contributed by atoms with Crippen molar-refractivity contribution in [3.05, 3.63) is 30.1 Å². The minimum atomic E-state index is 0.612. The lowest BCUT2D eigenvalue weighted by molar-refractivity contribution is 0.0991. The fraction of sp³-hybridized carbons (Fsp3) is 0.643. The third-order valence-corrected chi connectivity index (χ3v) is 4.02. The molecule has 0 aliphatic carbocycles. The van der Waals surface area contributed by atoms with Crippen LogP contribution in [-0.2, 0) is 11.3 Å². The van der Waals surface area contributed by atoms with Crippen molar-refractivity contribution < 1.29 is 4.74 Å². The van der Waals surface area contributed by atoms with Gasteiger partial charge in [-0.15, -0.1) is 0 Å². The van der Waals surface area contributed by atoms with Crippen molar-refractivity contribution in [1.29, 1.82) is 0 Å². The fourth-order valence-corrected chi connectivity index (χ4v) is 3.02. The molecule has 3 heterocycles. The Balaban J connectivity index is 1.72. The predicted octanol–water partition coefficient (Wildman–Crippen LogP) is 0.892. The van der Waals surface area contributed by atoms with Gasteiger partial charge in [-0.3, -0.25) is 9.88 Å². The first-order chi connectivity index (χ1) is 8.93. The van der Waals surface area contributed by atoms with Crippen LogP contribution in [0.4, 0.5) is 0 Å². The molecule has 2 atom stereocenters. The molecule has 2 aliphatic heterocycles. The molecule has 2 saturated heterocycles. The van der Waals surface area contributed by atoms with Crippen molar-refractivity contribution in [3.63, 3.8) is 0 Å². The number of pyridine rings is 1. The molecular weight excluding hydrogens is 226 g/mol. The second kappa shape index (κ2) is 5.78. The topological polar surface area (TPSA) is 37.4 Å². The van der Waals surface area contributed by atoms with Crippen molar-refractivity contribution in [2.45, 2.75) is 19.0 Å². The van der Waals surface area contributed by atoms with Crippen LogP contribution in [0.15, 0.2) is 24.5 Å². The number of aromatic nitrogens is 1. The van der Waals surface area contributed by atoms with E-state index in [0.29, 0.717) is 12.0 Å². The Morgan fingerprint density at radius 3 is 3.39 bits per heavy atom. The van der Waals surface area contributed by atoms with Crippen LogP contribution in [0.5, 0.6) is 0 Å². The van der Waals surface area contributed by atoms with Gasteiger partial charge in [0.05, 0.1) is 13.2 Å². The van der Waals surface area contributed by atoms with Crippen molar-refractivity contribution in [3.8, 4) is 0 Å². The number of rotatable bonds is 2. The Kier molecular flexibility index (Phi) is 3.88. The third kappa shape index (κ3) is 2.71. The first-order valence-corrected chi connectivity index (χ1v) is 6.85. The summed E-state index contributed by atoms with van der Waals surface area (Å²) >= 11 is 0. The quantitative estimate of drug-likeness (QED) is 0.842. The van der Waals surface area contributed by atoms with Crippen LogP contribution in [0.1, 0.15) is 12.0 Å². The Bertz CT molecular complexity index is 371. The number of piperidine rings is 1. The summed E-state index contributed by atoms with van der Waals surface area (Å²) in [4.78, 5) is 6.76. The molecule has 3 rings (SSSR count). The molecule has 0 saturated carbocycles. The van der Waals surface area contributed by atoms with Crippen molar-refractivity contribution >= 4 is 0 Å². The summed E-state index contributed by atoms with van der Waals surface area (Å²) in [6.45, 7) is 6.01. The Morgan fingerprint density at radius 2 is 2.50 bits per heavy atom. The zero-order valence-electron chi connectivity index (χ0n) is 10.7. The predicted molar refractivity (Wildman–Crippen MR) is 70.2 cm³/mol. The van der Waals surface area contributed by atoms with Gasteiger partial charge in [-0.05, 0) is 24.6 Å². The van der Waals surface area contributed by atoms with Crippen LogP contribution in [0.3, 0.4) is 0 Å². The highest BCUT2D eigenvalue weighted by molar-refractivity contribution is 5.09. The van der Waals surface area contributed by atoms with E-state index >= 15 is 0 Å². The summed E-state index contributed by atoms with van der Waals surface area (Å²) in [6, 6.07) is 4.78. The lowest BCUT2D eigenvalue weighted by Crippen LogP contribution is -2.51. The average Bonchev–Trinajstić information content (AvgIpc) is 2.63. The normalized spacial score (nSPS) is 29.6. The first kappa shape index (κ1) is 12.1. The molecule has 1 aromatic heterocycles. The lowest BCUT2D eigenvalue weighted by Gasteiger charge is -2.37. The second-order valence-corrected chi connectivity index (χ2v) is 5.23. The highest BCUT2D eigenvalue weighted by Crippen LogP contribution is 2.22. The molecule has 0 amide bonds. The molecule has 2 aliphatic rings. The summed E-state index contributed by atoms with van der Waals surface area (Å²) in [5.74, 6) is 0.686. The number of hydrogen-bond acceptors (Lipinski definition) is 4. The number of nitrogens with zero attached hydrogens (tertiary/aromatic N) is 2. The van der Waals surface area contributed by atoms with Gasteiger partial charge in [0.25, 0.3) is 0 Å². The molecule has 1 N–H and O–H groups in total. The maximum Gasteiger partial charge on any atom is 0.0593 e. The highest BCUT2D eigenvalue weighted by atomic mass is 16.5. The van der Waals surface area contributed by atoms with Crippen LogP contribution in [0.2, 0.25) is 0 Å². The molecule has 4 nitrogen and oxygen atoms in total. The molecular formula is C14H21N3O. The van der Waals surface area contributed by atoms with Crippen LogP contribution in [0, 0.1) is 5.92 Å². The molecule has 2 fully saturated rings. The molecule has 0 radical (unpaired) electrons. The molecule has 98 valence electrons. The molecule has 0 spiro atoms. The van der Waals surface area contributed by atoms with Gasteiger partial charge in [-0.25, -0.2) is 0 Å². The molecule has 4 heteroatoms. The summed E-state index contributed by atoms with van der Waals surface area (Å²) in [6.07, 6.45) is 5.03. The van der Waals surface area contributed by atoms with Crippen LogP contribution in [0.25, 0.3) is 0 Å². The summed E-state index contributed by atoms with van der Waals surface area (Å²) in [5, 5.41) is 3.51. The maximum atomic E-state index is 5.75. The largest absolute Gasteiger partial charge is 0.380 e. The molecule has 2 unspecified atom stereocenters. The van der Waals surface area contributed by atoms with E-state index < -0.39 is 0 Å². The van der Waals surface area contributed by atoms with E-state index in [2.05, 4.69) is 21.3 Å². The fourth-order valence-electron chi connectivity index (χ4n) is 3.02. The highest BCUT2D eigenvalue weighted by Gasteiger charge is 2.32. The summed E-state index contributed by atoms with van der Waals surface area (Å²) in [7, 11) is 0. The number of nitrogens with one attached hydrogen (secondary N) is 1. The Morgan fingerprint density at radius 1 is 1.50 bits per heavy atom. The van der Waals surface area contributed by atoms with Crippen LogP contribution in [-0.4, -0.2) is 48.8 Å². The average molecular weight is 247 g/mol. The van der Waals surface area contributed by atoms with Gasteiger partial charge >= 0.3 is 0 Å². The lowest BCUT2D eigenvalue weighted by atomic mass is 9.92. The van der Waals surface area contributed by atoms with E-state index in [4.69, 9.17) is 4.74 Å². The molecule has 0 aromatic carbocycles. The van der Waals surface area contributed by atoms with Gasteiger partial charge in [0.15, 0.2) is 0 Å². The van der Waals surface area contributed by atoms with Gasteiger partial charge in [-0.2, -0.15) is 0 Å². The minimum Gasteiger partial charge on any atom is -0.380 e. The van der Waals surface area contributed by atoms with Crippen molar-refractivity contribution in [2.24, 2.45) is 5.92 Å². The minimum absolute atomic E-state index is 0.612. The zero-order valence-corrected chi connectivity index (χ0v) is 10.7. The Hall–Kier alpha value is -0.970. The van der Waals surface area contributed by atoms with Crippen molar-refractivity contribution in [1.82, 2.24) is 15.2 Å². The van der Waals surface area contributed by atoms with Crippen LogP contribution < -0.4 is 5.32 Å². The van der Waals surface area contributed by atoms with E-state index in [9.17, 15) is 0 Å². The van der Waals surface area contributed by atoms with Gasteiger partial charge in [0, 0.05) is 44.0 Å². The third-order valence-electron chi connectivity index (χ3n) is 4.02. The number of ether oxygens (including phenoxy) is 1. The van der Waals surface area contributed by atoms with Gasteiger partial charge in [0.1, 0.15) is 0 Å². The van der Waals surface area contributed by atoms with Gasteiger partial charge < -0.3 is 10.1 Å². The Labute approximate surface area is 108 Å². The summed E-state index contributed by atoms with van der Waals surface area (Å²) in [5.41, 5.74) is 1.30. The van der Waals surface area contributed by atoms with Crippen LogP contribution >= 0.6 is 0 Å². The standard InChI is InChI=1S/C14H21N3O/c1-2-12(8-15-4-1)10-17-6-7-18-11-13-3-5-16-9-14(13)17/h1-2,4,8,13-14,16H,3,5-7,9-11H2. The van der Waals surface area contributed by atoms with E-state index in [1.54, 1.807) is 0 Å². The SMILES string of the molecule is c1cncc(CN2CCOCC3CCNCC32)c1. The second-order valence-electron chi connectivity index (χ2n) is 5.23. The molecule has 18 heavy (non-hydrogen) atoms. The zero-order chi connectivity index (χ0) is 12.2. The number of fused-ring (bicyclic) bond motifs is 1. The van der Waals surface area contributed by atoms with E-state index in [0.717, 1.165) is 39.4 Å². The molecule has 0 bridgehead atoms. The van der Waals surface area contributed by atoms with Crippen molar-refractivity contribution in [2.75, 3.05) is 32.8 Å². The maximum absolute atomic E-state index is 5.75. The summed E-state index contributed by atoms with van der Waals surface area (Å²) < 4.78 is 5.75. The monoisotopic (exact) mass is 247 g/mol. The van der Waals surface area contributed by atoms with E-state index in [-0.39, 0.29) is 0 Å². The van der Waals surface area contributed by atoms with Gasteiger partial charge in [0.2, 0.25) is 0 Å². The van der Waals surface area contributed by atoms with E-state index in [1.165, 1.54) is 12.0 Å². The van der Waals surface area contributed by atoms with E-state index in [1.807, 2.05) is 18.5 Å². The first-order valence-electron chi connectivity index (χ1n) is 6.85.